The number of methoxy groups -OCH3 is 2. The fraction of sp³-hybridized carbons (Fsp3) is 0.292. The first-order valence-electron chi connectivity index (χ1n) is 10.3. The Bertz CT molecular complexity index is 1190. The van der Waals surface area contributed by atoms with E-state index >= 15 is 0 Å². The number of hydrogen-bond donors (Lipinski definition) is 1. The summed E-state index contributed by atoms with van der Waals surface area (Å²) in [6.07, 6.45) is 0. The first-order valence-corrected chi connectivity index (χ1v) is 11.3. The number of anilines is 1. The molecule has 0 atom stereocenters. The molecular formula is C24H25N3O5S. The quantitative estimate of drug-likeness (QED) is 0.430. The molecule has 3 aromatic rings. The van der Waals surface area contributed by atoms with E-state index < -0.39 is 0 Å². The van der Waals surface area contributed by atoms with Crippen LogP contribution < -0.4 is 24.3 Å². The van der Waals surface area contributed by atoms with Crippen molar-refractivity contribution < 1.29 is 23.7 Å². The minimum atomic E-state index is -0.257. The zero-order valence-electron chi connectivity index (χ0n) is 18.9. The van der Waals surface area contributed by atoms with Crippen molar-refractivity contribution in [1.29, 1.82) is 5.26 Å². The van der Waals surface area contributed by atoms with E-state index in [4.69, 9.17) is 18.9 Å². The highest BCUT2D eigenvalue weighted by Crippen LogP contribution is 2.34. The summed E-state index contributed by atoms with van der Waals surface area (Å²) in [4.78, 5) is 17.3. The van der Waals surface area contributed by atoms with Gasteiger partial charge in [0, 0.05) is 17.5 Å². The molecule has 3 rings (SSSR count). The summed E-state index contributed by atoms with van der Waals surface area (Å²) in [5.74, 6) is 2.08. The van der Waals surface area contributed by atoms with Crippen LogP contribution in [0.5, 0.6) is 23.0 Å². The number of ether oxygens (including phenoxy) is 4. The predicted octanol–water partition coefficient (Wildman–Crippen LogP) is 4.65. The van der Waals surface area contributed by atoms with E-state index in [0.717, 1.165) is 5.39 Å². The Morgan fingerprint density at radius 3 is 2.42 bits per heavy atom. The lowest BCUT2D eigenvalue weighted by atomic mass is 10.1. The third kappa shape index (κ3) is 5.79. The average molecular weight is 468 g/mol. The average Bonchev–Trinajstić information content (AvgIpc) is 2.83. The first kappa shape index (κ1) is 24.0. The largest absolute Gasteiger partial charge is 0.494 e. The van der Waals surface area contributed by atoms with E-state index in [1.807, 2.05) is 13.8 Å². The van der Waals surface area contributed by atoms with E-state index in [0.29, 0.717) is 58.0 Å². The lowest BCUT2D eigenvalue weighted by Crippen LogP contribution is -2.15. The molecule has 2 aromatic carbocycles. The third-order valence-electron chi connectivity index (χ3n) is 4.58. The molecule has 0 unspecified atom stereocenters. The highest BCUT2D eigenvalue weighted by Gasteiger charge is 2.15. The molecule has 0 radical (unpaired) electrons. The van der Waals surface area contributed by atoms with Crippen molar-refractivity contribution in [3.63, 3.8) is 0 Å². The van der Waals surface area contributed by atoms with Gasteiger partial charge in [0.2, 0.25) is 5.91 Å². The zero-order valence-corrected chi connectivity index (χ0v) is 19.7. The van der Waals surface area contributed by atoms with Crippen LogP contribution >= 0.6 is 11.8 Å². The third-order valence-corrected chi connectivity index (χ3v) is 5.57. The molecule has 9 heteroatoms. The molecule has 172 valence electrons. The molecule has 0 aliphatic rings. The summed E-state index contributed by atoms with van der Waals surface area (Å²) in [6, 6.07) is 12.7. The number of carbonyl (C=O) groups excluding carboxylic acids is 1. The predicted molar refractivity (Wildman–Crippen MR) is 128 cm³/mol. The molecule has 8 nitrogen and oxygen atoms in total. The van der Waals surface area contributed by atoms with Crippen molar-refractivity contribution in [3.8, 4) is 29.1 Å². The zero-order chi connectivity index (χ0) is 23.8. The van der Waals surface area contributed by atoms with Crippen LogP contribution in [0.25, 0.3) is 10.9 Å². The topological polar surface area (TPSA) is 103 Å². The number of fused-ring (bicyclic) bond motifs is 1. The van der Waals surface area contributed by atoms with Gasteiger partial charge in [0.1, 0.15) is 22.6 Å². The fourth-order valence-electron chi connectivity index (χ4n) is 3.14. The number of aromatic nitrogens is 1. The van der Waals surface area contributed by atoms with E-state index in [1.54, 1.807) is 50.6 Å². The molecule has 1 heterocycles. The molecule has 0 bridgehead atoms. The van der Waals surface area contributed by atoms with E-state index in [-0.39, 0.29) is 11.7 Å². The maximum Gasteiger partial charge on any atom is 0.234 e. The second-order valence-corrected chi connectivity index (χ2v) is 7.68. The van der Waals surface area contributed by atoms with Crippen molar-refractivity contribution in [1.82, 2.24) is 4.98 Å². The number of pyridine rings is 1. The minimum Gasteiger partial charge on any atom is -0.494 e. The number of nitriles is 1. The number of amides is 1. The van der Waals surface area contributed by atoms with Gasteiger partial charge in [-0.3, -0.25) is 4.79 Å². The Balaban J connectivity index is 1.80. The molecule has 0 fully saturated rings. The van der Waals surface area contributed by atoms with Crippen LogP contribution in [0.3, 0.4) is 0 Å². The first-order chi connectivity index (χ1) is 16.0. The summed E-state index contributed by atoms with van der Waals surface area (Å²) in [6.45, 7) is 4.74. The van der Waals surface area contributed by atoms with E-state index in [9.17, 15) is 10.1 Å². The van der Waals surface area contributed by atoms with E-state index in [2.05, 4.69) is 16.4 Å². The lowest BCUT2D eigenvalue weighted by Gasteiger charge is -2.14. The Morgan fingerprint density at radius 1 is 1.03 bits per heavy atom. The van der Waals surface area contributed by atoms with Crippen LogP contribution in [0.1, 0.15) is 19.4 Å². The van der Waals surface area contributed by atoms with Crippen LogP contribution in [0, 0.1) is 11.3 Å². The number of hydrogen-bond acceptors (Lipinski definition) is 8. The Morgan fingerprint density at radius 2 is 1.76 bits per heavy atom. The molecule has 0 aliphatic heterocycles. The Labute approximate surface area is 196 Å². The second-order valence-electron chi connectivity index (χ2n) is 6.71. The van der Waals surface area contributed by atoms with Gasteiger partial charge in [-0.1, -0.05) is 11.8 Å². The van der Waals surface area contributed by atoms with Gasteiger partial charge >= 0.3 is 0 Å². The van der Waals surface area contributed by atoms with Gasteiger partial charge in [-0.25, -0.2) is 4.98 Å². The van der Waals surface area contributed by atoms with E-state index in [1.165, 1.54) is 11.8 Å². The number of carbonyl (C=O) groups is 1. The standard InChI is InChI=1S/C24H25N3O5S/c1-5-31-17-7-8-20(32-6-2)19(11-17)26-23(28)14-33-24-16(13-25)9-15-10-21(29-3)22(30-4)12-18(15)27-24/h7-12H,5-6,14H2,1-4H3,(H,26,28). The van der Waals surface area contributed by atoms with Gasteiger partial charge in [-0.2, -0.15) is 5.26 Å². The summed E-state index contributed by atoms with van der Waals surface area (Å²) in [5.41, 5.74) is 1.54. The number of rotatable bonds is 10. The molecule has 1 amide bonds. The van der Waals surface area contributed by atoms with Gasteiger partial charge in [-0.05, 0) is 38.1 Å². The van der Waals surface area contributed by atoms with Crippen LogP contribution in [-0.2, 0) is 4.79 Å². The molecule has 0 aliphatic carbocycles. The Hall–Kier alpha value is -3.64. The van der Waals surface area contributed by atoms with Gasteiger partial charge in [0.25, 0.3) is 0 Å². The molecule has 1 N–H and O–H groups in total. The van der Waals surface area contributed by atoms with Crippen LogP contribution in [-0.4, -0.2) is 44.1 Å². The molecule has 1 aromatic heterocycles. The maximum atomic E-state index is 12.7. The molecule has 0 saturated heterocycles. The maximum absolute atomic E-state index is 12.7. The normalized spacial score (nSPS) is 10.4. The number of thioether (sulfide) groups is 1. The lowest BCUT2D eigenvalue weighted by molar-refractivity contribution is -0.113. The summed E-state index contributed by atoms with van der Waals surface area (Å²) in [5, 5.41) is 13.7. The van der Waals surface area contributed by atoms with Crippen molar-refractivity contribution in [3.05, 3.63) is 42.0 Å². The van der Waals surface area contributed by atoms with Crippen LogP contribution in [0.2, 0.25) is 0 Å². The highest BCUT2D eigenvalue weighted by atomic mass is 32.2. The summed E-state index contributed by atoms with van der Waals surface area (Å²) >= 11 is 1.18. The van der Waals surface area contributed by atoms with Crippen molar-refractivity contribution in [2.75, 3.05) is 38.5 Å². The smallest absolute Gasteiger partial charge is 0.234 e. The summed E-state index contributed by atoms with van der Waals surface area (Å²) < 4.78 is 21.8. The molecule has 33 heavy (non-hydrogen) atoms. The summed E-state index contributed by atoms with van der Waals surface area (Å²) in [7, 11) is 3.09. The number of nitrogens with zero attached hydrogens (tertiary/aromatic N) is 2. The van der Waals surface area contributed by atoms with Crippen LogP contribution in [0.4, 0.5) is 5.69 Å². The number of benzene rings is 2. The van der Waals surface area contributed by atoms with Gasteiger partial charge in [0.05, 0.1) is 50.0 Å². The Kier molecular flexibility index (Phi) is 8.22. The molecule has 0 saturated carbocycles. The second kappa shape index (κ2) is 11.3. The number of nitrogens with one attached hydrogen (secondary N) is 1. The molecular weight excluding hydrogens is 442 g/mol. The fourth-order valence-corrected chi connectivity index (χ4v) is 3.90. The molecule has 0 spiro atoms. The monoisotopic (exact) mass is 467 g/mol. The van der Waals surface area contributed by atoms with Gasteiger partial charge in [-0.15, -0.1) is 0 Å². The van der Waals surface area contributed by atoms with Crippen molar-refractivity contribution in [2.24, 2.45) is 0 Å². The SMILES string of the molecule is CCOc1ccc(OCC)c(NC(=O)CSc2nc3cc(OC)c(OC)cc3cc2C#N)c1. The van der Waals surface area contributed by atoms with Crippen molar-refractivity contribution in [2.45, 2.75) is 18.9 Å². The van der Waals surface area contributed by atoms with Crippen molar-refractivity contribution >= 4 is 34.3 Å². The van der Waals surface area contributed by atoms with Gasteiger partial charge in [0.15, 0.2) is 11.5 Å². The van der Waals surface area contributed by atoms with Gasteiger partial charge < -0.3 is 24.3 Å². The van der Waals surface area contributed by atoms with Crippen LogP contribution in [0.15, 0.2) is 41.4 Å². The minimum absolute atomic E-state index is 0.0604. The highest BCUT2D eigenvalue weighted by molar-refractivity contribution is 8.00.